The molecule has 0 spiro atoms. The normalized spacial score (nSPS) is 11.7. The first-order valence-electron chi connectivity index (χ1n) is 11.3. The smallest absolute Gasteiger partial charge is 0.326 e. The van der Waals surface area contributed by atoms with Crippen LogP contribution in [0.2, 0.25) is 0 Å². The lowest BCUT2D eigenvalue weighted by Gasteiger charge is -2.26. The molecule has 3 aromatic carbocycles. The second-order valence-corrected chi connectivity index (χ2v) is 8.05. The maximum absolute atomic E-state index is 13.0. The van der Waals surface area contributed by atoms with Gasteiger partial charge in [0.05, 0.1) is 6.61 Å². The molecule has 172 valence electrons. The molecule has 0 radical (unpaired) electrons. The van der Waals surface area contributed by atoms with Gasteiger partial charge in [0.1, 0.15) is 11.8 Å². The van der Waals surface area contributed by atoms with E-state index in [9.17, 15) is 14.7 Å². The summed E-state index contributed by atoms with van der Waals surface area (Å²) >= 11 is 0. The van der Waals surface area contributed by atoms with Crippen LogP contribution in [-0.4, -0.2) is 41.6 Å². The van der Waals surface area contributed by atoms with Crippen LogP contribution in [0.15, 0.2) is 84.9 Å². The number of amides is 1. The van der Waals surface area contributed by atoms with Gasteiger partial charge < -0.3 is 14.7 Å². The van der Waals surface area contributed by atoms with Crippen molar-refractivity contribution in [3.63, 3.8) is 0 Å². The number of benzene rings is 3. The first-order chi connectivity index (χ1) is 16.0. The molecule has 3 rings (SSSR count). The first-order valence-corrected chi connectivity index (χ1v) is 11.3. The first kappa shape index (κ1) is 24.1. The summed E-state index contributed by atoms with van der Waals surface area (Å²) in [5.74, 6) is -0.378. The van der Waals surface area contributed by atoms with Crippen LogP contribution in [0, 0.1) is 0 Å². The Morgan fingerprint density at radius 1 is 0.879 bits per heavy atom. The molecule has 0 aliphatic carbocycles. The highest BCUT2D eigenvalue weighted by Crippen LogP contribution is 2.29. The molecule has 5 nitrogen and oxygen atoms in total. The maximum atomic E-state index is 13.0. The molecule has 0 fully saturated rings. The fraction of sp³-hybridized carbons (Fsp3) is 0.286. The summed E-state index contributed by atoms with van der Waals surface area (Å²) in [5, 5.41) is 9.81. The summed E-state index contributed by atoms with van der Waals surface area (Å²) in [6.07, 6.45) is 1.11. The van der Waals surface area contributed by atoms with E-state index in [1.165, 1.54) is 4.90 Å². The number of aliphatic carboxylic acids is 1. The number of carbonyl (C=O) groups is 2. The average Bonchev–Trinajstić information content (AvgIpc) is 2.84. The van der Waals surface area contributed by atoms with Crippen molar-refractivity contribution in [2.45, 2.75) is 38.1 Å². The standard InChI is InChI=1S/C28H31NO4/c1-3-33-24-16-14-21(15-17-24)20-26(28(31)32)29(2)27(30)19-18-25(22-10-6-4-7-11-22)23-12-8-5-9-13-23/h4-17,25-26H,3,18-20H2,1-2H3,(H,31,32). The van der Waals surface area contributed by atoms with Gasteiger partial charge >= 0.3 is 5.97 Å². The Hall–Kier alpha value is -3.60. The molecule has 1 unspecified atom stereocenters. The molecule has 5 heteroatoms. The fourth-order valence-corrected chi connectivity index (χ4v) is 4.02. The predicted octanol–water partition coefficient (Wildman–Crippen LogP) is 5.15. The average molecular weight is 446 g/mol. The van der Waals surface area contributed by atoms with Crippen molar-refractivity contribution in [1.29, 1.82) is 0 Å². The zero-order valence-corrected chi connectivity index (χ0v) is 19.2. The third-order valence-corrected chi connectivity index (χ3v) is 5.86. The van der Waals surface area contributed by atoms with Gasteiger partial charge in [-0.2, -0.15) is 0 Å². The predicted molar refractivity (Wildman–Crippen MR) is 129 cm³/mol. The quantitative estimate of drug-likeness (QED) is 0.443. The molecule has 1 atom stereocenters. The van der Waals surface area contributed by atoms with Gasteiger partial charge in [-0.3, -0.25) is 4.79 Å². The highest BCUT2D eigenvalue weighted by Gasteiger charge is 2.27. The summed E-state index contributed by atoms with van der Waals surface area (Å²) in [4.78, 5) is 26.4. The number of hydrogen-bond acceptors (Lipinski definition) is 3. The van der Waals surface area contributed by atoms with Crippen LogP contribution in [0.4, 0.5) is 0 Å². The lowest BCUT2D eigenvalue weighted by Crippen LogP contribution is -2.43. The van der Waals surface area contributed by atoms with Gasteiger partial charge in [-0.25, -0.2) is 4.79 Å². The molecule has 1 amide bonds. The van der Waals surface area contributed by atoms with Crippen molar-refractivity contribution in [1.82, 2.24) is 4.90 Å². The van der Waals surface area contributed by atoms with Gasteiger partial charge in [-0.15, -0.1) is 0 Å². The van der Waals surface area contributed by atoms with E-state index >= 15 is 0 Å². The minimum absolute atomic E-state index is 0.0686. The van der Waals surface area contributed by atoms with E-state index in [-0.39, 0.29) is 24.7 Å². The summed E-state index contributed by atoms with van der Waals surface area (Å²) in [6, 6.07) is 26.6. The van der Waals surface area contributed by atoms with E-state index < -0.39 is 12.0 Å². The van der Waals surface area contributed by atoms with Gasteiger partial charge in [0.15, 0.2) is 0 Å². The Morgan fingerprint density at radius 3 is 1.91 bits per heavy atom. The number of carboxylic acid groups (broad SMARTS) is 1. The number of hydrogen-bond donors (Lipinski definition) is 1. The van der Waals surface area contributed by atoms with Crippen molar-refractivity contribution in [3.05, 3.63) is 102 Å². The van der Waals surface area contributed by atoms with E-state index in [1.807, 2.05) is 67.6 Å². The van der Waals surface area contributed by atoms with Crippen LogP contribution in [0.25, 0.3) is 0 Å². The Bertz CT molecular complexity index is 979. The highest BCUT2D eigenvalue weighted by atomic mass is 16.5. The number of rotatable bonds is 11. The second-order valence-electron chi connectivity index (χ2n) is 8.05. The molecule has 0 aliphatic rings. The highest BCUT2D eigenvalue weighted by molar-refractivity contribution is 5.83. The van der Waals surface area contributed by atoms with E-state index in [4.69, 9.17) is 4.74 Å². The Labute approximate surface area is 195 Å². The van der Waals surface area contributed by atoms with Crippen LogP contribution in [0.3, 0.4) is 0 Å². The number of likely N-dealkylation sites (N-methyl/N-ethyl adjacent to an activating group) is 1. The van der Waals surface area contributed by atoms with Crippen molar-refractivity contribution in [2.24, 2.45) is 0 Å². The van der Waals surface area contributed by atoms with E-state index in [2.05, 4.69) is 24.3 Å². The molecule has 0 heterocycles. The van der Waals surface area contributed by atoms with Gasteiger partial charge in [0.25, 0.3) is 0 Å². The molecule has 3 aromatic rings. The molecule has 1 N–H and O–H groups in total. The summed E-state index contributed by atoms with van der Waals surface area (Å²) in [5.41, 5.74) is 3.13. The number of ether oxygens (including phenoxy) is 1. The third kappa shape index (κ3) is 6.69. The minimum Gasteiger partial charge on any atom is -0.494 e. The minimum atomic E-state index is -1.01. The molecular weight excluding hydrogens is 414 g/mol. The van der Waals surface area contributed by atoms with Crippen molar-refractivity contribution in [2.75, 3.05) is 13.7 Å². The molecule has 33 heavy (non-hydrogen) atoms. The van der Waals surface area contributed by atoms with Gasteiger partial charge in [-0.05, 0) is 42.2 Å². The molecule has 0 bridgehead atoms. The van der Waals surface area contributed by atoms with Gasteiger partial charge in [0.2, 0.25) is 5.91 Å². The lowest BCUT2D eigenvalue weighted by molar-refractivity contribution is -0.149. The van der Waals surface area contributed by atoms with Crippen molar-refractivity contribution in [3.8, 4) is 5.75 Å². The van der Waals surface area contributed by atoms with E-state index in [0.717, 1.165) is 22.4 Å². The molecule has 0 aromatic heterocycles. The number of carboxylic acids is 1. The van der Waals surface area contributed by atoms with Crippen molar-refractivity contribution >= 4 is 11.9 Å². The molecule has 0 saturated carbocycles. The number of nitrogens with zero attached hydrogens (tertiary/aromatic N) is 1. The van der Waals surface area contributed by atoms with E-state index in [0.29, 0.717) is 13.0 Å². The Morgan fingerprint density at radius 2 is 1.42 bits per heavy atom. The molecule has 0 saturated heterocycles. The Balaban J connectivity index is 1.69. The maximum Gasteiger partial charge on any atom is 0.326 e. The van der Waals surface area contributed by atoms with Crippen molar-refractivity contribution < 1.29 is 19.4 Å². The SMILES string of the molecule is CCOc1ccc(CC(C(=O)O)N(C)C(=O)CCC(c2ccccc2)c2ccccc2)cc1. The van der Waals surface area contributed by atoms with Crippen LogP contribution < -0.4 is 4.74 Å². The van der Waals surface area contributed by atoms with Crippen LogP contribution >= 0.6 is 0 Å². The zero-order valence-electron chi connectivity index (χ0n) is 19.2. The summed E-state index contributed by atoms with van der Waals surface area (Å²) < 4.78 is 5.45. The lowest BCUT2D eigenvalue weighted by atomic mass is 9.87. The van der Waals surface area contributed by atoms with Crippen LogP contribution in [0.5, 0.6) is 5.75 Å². The summed E-state index contributed by atoms with van der Waals surface area (Å²) in [6.45, 7) is 2.48. The van der Waals surface area contributed by atoms with Gasteiger partial charge in [-0.1, -0.05) is 72.8 Å². The van der Waals surface area contributed by atoms with Gasteiger partial charge in [0, 0.05) is 25.8 Å². The number of carbonyl (C=O) groups excluding carboxylic acids is 1. The Kier molecular flexibility index (Phi) is 8.64. The summed E-state index contributed by atoms with van der Waals surface area (Å²) in [7, 11) is 1.58. The van der Waals surface area contributed by atoms with Crippen LogP contribution in [0.1, 0.15) is 42.4 Å². The largest absolute Gasteiger partial charge is 0.494 e. The monoisotopic (exact) mass is 445 g/mol. The fourth-order valence-electron chi connectivity index (χ4n) is 4.02. The van der Waals surface area contributed by atoms with E-state index in [1.54, 1.807) is 7.05 Å². The molecule has 0 aliphatic heterocycles. The molecular formula is C28H31NO4. The van der Waals surface area contributed by atoms with Crippen LogP contribution in [-0.2, 0) is 16.0 Å². The topological polar surface area (TPSA) is 66.8 Å². The second kappa shape index (κ2) is 11.9. The third-order valence-electron chi connectivity index (χ3n) is 5.86. The zero-order chi connectivity index (χ0) is 23.6.